The molecular weight excluding hydrogens is 714 g/mol. The molecule has 0 saturated carbocycles. The SMILES string of the molecule is CCOC(=O)C1=C(C)NC(=S)N[C@H]1c1ccccc1OCC(=O)NN=Cc1cc(Br)cc(Br)c1OCc1ccc(C#N)cc1. The van der Waals surface area contributed by atoms with Crippen LogP contribution < -0.4 is 25.5 Å². The van der Waals surface area contributed by atoms with Crippen LogP contribution in [0.4, 0.5) is 0 Å². The van der Waals surface area contributed by atoms with Crippen LogP contribution in [-0.4, -0.2) is 36.4 Å². The summed E-state index contributed by atoms with van der Waals surface area (Å²) in [5.74, 6) is -0.0816. The number of carbonyl (C=O) groups excluding carboxylic acids is 2. The number of ether oxygens (including phenoxy) is 3. The molecule has 0 saturated heterocycles. The average Bonchev–Trinajstić information content (AvgIpc) is 2.99. The minimum Gasteiger partial charge on any atom is -0.487 e. The lowest BCUT2D eigenvalue weighted by molar-refractivity contribution is -0.139. The van der Waals surface area contributed by atoms with Gasteiger partial charge in [-0.1, -0.05) is 46.3 Å². The summed E-state index contributed by atoms with van der Waals surface area (Å²) in [5, 5.41) is 19.5. The van der Waals surface area contributed by atoms with E-state index in [9.17, 15) is 9.59 Å². The standard InChI is InChI=1S/C31H27Br2N5O5S/c1-3-41-30(40)27-18(2)36-31(44)37-28(27)23-6-4-5-7-25(23)42-17-26(39)38-35-15-21-12-22(32)13-24(33)29(21)43-16-20-10-8-19(14-34)9-11-20/h4-13,15,28H,3,16-17H2,1-2H3,(H,38,39)(H2,36,37,44)/t28-/m0/s1. The van der Waals surface area contributed by atoms with Gasteiger partial charge in [0.05, 0.1) is 40.5 Å². The second-order valence-corrected chi connectivity index (χ2v) is 11.5. The highest BCUT2D eigenvalue weighted by Crippen LogP contribution is 2.34. The molecule has 1 heterocycles. The molecular formula is C31H27Br2N5O5S. The van der Waals surface area contributed by atoms with Crippen molar-refractivity contribution in [1.29, 1.82) is 5.26 Å². The summed E-state index contributed by atoms with van der Waals surface area (Å²) < 4.78 is 18.6. The summed E-state index contributed by atoms with van der Waals surface area (Å²) in [6.07, 6.45) is 1.47. The zero-order chi connectivity index (χ0) is 31.6. The number of halogens is 2. The molecule has 3 N–H and O–H groups in total. The number of allylic oxidation sites excluding steroid dienone is 1. The quantitative estimate of drug-likeness (QED) is 0.100. The van der Waals surface area contributed by atoms with Crippen LogP contribution in [0, 0.1) is 11.3 Å². The lowest BCUT2D eigenvalue weighted by atomic mass is 9.95. The third kappa shape index (κ3) is 8.43. The highest BCUT2D eigenvalue weighted by atomic mass is 79.9. The fourth-order valence-electron chi connectivity index (χ4n) is 4.27. The third-order valence-electron chi connectivity index (χ3n) is 6.25. The largest absolute Gasteiger partial charge is 0.487 e. The number of hydrogen-bond acceptors (Lipinski definition) is 8. The van der Waals surface area contributed by atoms with Crippen LogP contribution in [0.3, 0.4) is 0 Å². The van der Waals surface area contributed by atoms with E-state index in [1.165, 1.54) is 6.21 Å². The molecule has 1 aliphatic rings. The molecule has 4 rings (SSSR count). The molecule has 3 aromatic carbocycles. The maximum Gasteiger partial charge on any atom is 0.338 e. The van der Waals surface area contributed by atoms with E-state index in [0.717, 1.165) is 10.0 Å². The fourth-order valence-corrected chi connectivity index (χ4v) is 5.91. The lowest BCUT2D eigenvalue weighted by Gasteiger charge is -2.30. The number of hydrazone groups is 1. The van der Waals surface area contributed by atoms with Gasteiger partial charge in [-0.2, -0.15) is 10.4 Å². The maximum atomic E-state index is 12.8. The molecule has 1 atom stereocenters. The highest BCUT2D eigenvalue weighted by Gasteiger charge is 2.32. The van der Waals surface area contributed by atoms with Crippen molar-refractivity contribution in [2.45, 2.75) is 26.5 Å². The predicted octanol–water partition coefficient (Wildman–Crippen LogP) is 5.55. The summed E-state index contributed by atoms with van der Waals surface area (Å²) in [6, 6.07) is 19.2. The van der Waals surface area contributed by atoms with Gasteiger partial charge < -0.3 is 24.8 Å². The van der Waals surface area contributed by atoms with Crippen LogP contribution in [0.2, 0.25) is 0 Å². The zero-order valence-electron chi connectivity index (χ0n) is 23.6. The highest BCUT2D eigenvalue weighted by molar-refractivity contribution is 9.11. The van der Waals surface area contributed by atoms with Gasteiger partial charge >= 0.3 is 5.97 Å². The number of para-hydroxylation sites is 1. The van der Waals surface area contributed by atoms with Gasteiger partial charge in [0, 0.05) is 21.3 Å². The van der Waals surface area contributed by atoms with E-state index in [-0.39, 0.29) is 19.8 Å². The van der Waals surface area contributed by atoms with Gasteiger partial charge in [-0.15, -0.1) is 0 Å². The van der Waals surface area contributed by atoms with Crippen molar-refractivity contribution in [2.75, 3.05) is 13.2 Å². The molecule has 0 unspecified atom stereocenters. The van der Waals surface area contributed by atoms with E-state index in [0.29, 0.717) is 49.0 Å². The molecule has 226 valence electrons. The molecule has 0 aliphatic carbocycles. The minimum absolute atomic E-state index is 0.216. The van der Waals surface area contributed by atoms with E-state index >= 15 is 0 Å². The van der Waals surface area contributed by atoms with Crippen molar-refractivity contribution in [2.24, 2.45) is 5.10 Å². The molecule has 1 aliphatic heterocycles. The number of carbonyl (C=O) groups is 2. The Morgan fingerprint density at radius 3 is 2.61 bits per heavy atom. The first-order chi connectivity index (χ1) is 21.2. The van der Waals surface area contributed by atoms with Crippen molar-refractivity contribution < 1.29 is 23.8 Å². The Labute approximate surface area is 276 Å². The van der Waals surface area contributed by atoms with Gasteiger partial charge in [0.15, 0.2) is 11.7 Å². The minimum atomic E-state index is -0.641. The van der Waals surface area contributed by atoms with E-state index in [1.807, 2.05) is 18.2 Å². The predicted molar refractivity (Wildman–Crippen MR) is 176 cm³/mol. The first kappa shape index (κ1) is 32.7. The summed E-state index contributed by atoms with van der Waals surface area (Å²) in [4.78, 5) is 25.5. The van der Waals surface area contributed by atoms with E-state index in [4.69, 9.17) is 31.7 Å². The second kappa shape index (κ2) is 15.5. The molecule has 10 nitrogen and oxygen atoms in total. The number of esters is 1. The summed E-state index contributed by atoms with van der Waals surface area (Å²) in [5.41, 5.74) is 6.06. The van der Waals surface area contributed by atoms with E-state index in [1.54, 1.807) is 56.3 Å². The van der Waals surface area contributed by atoms with Crippen LogP contribution in [0.5, 0.6) is 11.5 Å². The number of nitrogens with one attached hydrogen (secondary N) is 3. The monoisotopic (exact) mass is 739 g/mol. The first-order valence-electron chi connectivity index (χ1n) is 13.3. The Balaban J connectivity index is 1.43. The third-order valence-corrected chi connectivity index (χ3v) is 7.52. The van der Waals surface area contributed by atoms with Crippen LogP contribution in [-0.2, 0) is 20.9 Å². The summed E-state index contributed by atoms with van der Waals surface area (Å²) in [6.45, 7) is 3.61. The van der Waals surface area contributed by atoms with Gasteiger partial charge in [-0.3, -0.25) is 4.79 Å². The Morgan fingerprint density at radius 1 is 1.14 bits per heavy atom. The van der Waals surface area contributed by atoms with Crippen molar-refractivity contribution in [3.63, 3.8) is 0 Å². The topological polar surface area (TPSA) is 134 Å². The summed E-state index contributed by atoms with van der Waals surface area (Å²) >= 11 is 12.3. The first-order valence-corrected chi connectivity index (χ1v) is 15.3. The molecule has 0 fully saturated rings. The smallest absolute Gasteiger partial charge is 0.338 e. The zero-order valence-corrected chi connectivity index (χ0v) is 27.6. The molecule has 44 heavy (non-hydrogen) atoms. The number of rotatable bonds is 11. The van der Waals surface area contributed by atoms with Gasteiger partial charge in [-0.05, 0) is 77.9 Å². The van der Waals surface area contributed by atoms with Crippen LogP contribution in [0.15, 0.2) is 86.0 Å². The van der Waals surface area contributed by atoms with Crippen molar-refractivity contribution in [3.8, 4) is 17.6 Å². The number of amides is 1. The van der Waals surface area contributed by atoms with Crippen molar-refractivity contribution in [3.05, 3.63) is 103 Å². The summed E-state index contributed by atoms with van der Waals surface area (Å²) in [7, 11) is 0. The number of nitrogens with zero attached hydrogens (tertiary/aromatic N) is 2. The van der Waals surface area contributed by atoms with Gasteiger partial charge in [-0.25, -0.2) is 10.2 Å². The molecule has 0 spiro atoms. The number of benzene rings is 3. The Morgan fingerprint density at radius 2 is 1.89 bits per heavy atom. The Kier molecular flexibility index (Phi) is 11.5. The van der Waals surface area contributed by atoms with Gasteiger partial charge in [0.2, 0.25) is 0 Å². The molecule has 1 amide bonds. The molecule has 13 heteroatoms. The van der Waals surface area contributed by atoms with E-state index in [2.05, 4.69) is 59.1 Å². The fraction of sp³-hybridized carbons (Fsp3) is 0.194. The number of thiocarbonyl (C=S) groups is 1. The molecule has 0 radical (unpaired) electrons. The van der Waals surface area contributed by atoms with Gasteiger partial charge in [0.1, 0.15) is 18.1 Å². The maximum absolute atomic E-state index is 12.8. The van der Waals surface area contributed by atoms with E-state index < -0.39 is 17.9 Å². The van der Waals surface area contributed by atoms with Crippen molar-refractivity contribution >= 4 is 67.3 Å². The molecule has 0 bridgehead atoms. The Bertz CT molecular complexity index is 1670. The normalized spacial score (nSPS) is 14.3. The van der Waals surface area contributed by atoms with Gasteiger partial charge in [0.25, 0.3) is 5.91 Å². The van der Waals surface area contributed by atoms with Crippen LogP contribution in [0.1, 0.15) is 42.1 Å². The average molecular weight is 741 g/mol. The molecule has 0 aromatic heterocycles. The Hall–Kier alpha value is -4.25. The second-order valence-electron chi connectivity index (χ2n) is 9.31. The number of nitriles is 1. The molecule has 3 aromatic rings. The lowest BCUT2D eigenvalue weighted by Crippen LogP contribution is -2.45. The number of hydrogen-bond donors (Lipinski definition) is 3. The van der Waals surface area contributed by atoms with Crippen LogP contribution >= 0.6 is 44.1 Å². The van der Waals surface area contributed by atoms with Crippen LogP contribution in [0.25, 0.3) is 0 Å². The van der Waals surface area contributed by atoms with Crippen molar-refractivity contribution in [1.82, 2.24) is 16.1 Å².